The predicted octanol–water partition coefficient (Wildman–Crippen LogP) is 7.63. The minimum Gasteiger partial charge on any atom is -0.497 e. The van der Waals surface area contributed by atoms with Crippen LogP contribution >= 0.6 is 0 Å². The van der Waals surface area contributed by atoms with Gasteiger partial charge in [-0.15, -0.1) is 0 Å². The molecule has 3 atom stereocenters. The first-order chi connectivity index (χ1) is 23.7. The number of carbonyl (C=O) groups is 3. The van der Waals surface area contributed by atoms with Gasteiger partial charge in [-0.05, 0) is 101 Å². The molecule has 2 heterocycles. The number of rotatable bonds is 13. The number of nitrogens with one attached hydrogen (secondary N) is 1. The van der Waals surface area contributed by atoms with E-state index in [-0.39, 0.29) is 36.8 Å². The number of hydrogen-bond acceptors (Lipinski definition) is 6. The van der Waals surface area contributed by atoms with Gasteiger partial charge >= 0.3 is 0 Å². The van der Waals surface area contributed by atoms with Crippen LogP contribution in [0.4, 0.5) is 8.78 Å². The molecule has 1 saturated heterocycles. The van der Waals surface area contributed by atoms with Gasteiger partial charge < -0.3 is 19.9 Å². The number of likely N-dealkylation sites (tertiary alicyclic amines) is 1. The lowest BCUT2D eigenvalue weighted by atomic mass is 9.88. The smallest absolute Gasteiger partial charge is 0.272 e. The second kappa shape index (κ2) is 18.5. The van der Waals surface area contributed by atoms with E-state index in [4.69, 9.17) is 4.74 Å². The topological polar surface area (TPSA) is 91.8 Å². The van der Waals surface area contributed by atoms with Gasteiger partial charge in [-0.3, -0.25) is 19.4 Å². The van der Waals surface area contributed by atoms with E-state index in [1.807, 2.05) is 45.0 Å². The number of benzene rings is 2. The molecule has 1 aromatic heterocycles. The number of carbonyl (C=O) groups excluding carboxylic acids is 3. The Morgan fingerprint density at radius 1 is 1.04 bits per heavy atom. The number of Topliss-reactive ketones (excluding diaryl/α,β-unsaturated/α-hetero) is 1. The van der Waals surface area contributed by atoms with Crippen LogP contribution in [0.15, 0.2) is 79.0 Å². The Morgan fingerprint density at radius 3 is 2.14 bits per heavy atom. The van der Waals surface area contributed by atoms with E-state index in [2.05, 4.69) is 16.9 Å². The number of ketones is 1. The molecular formula is C40H54F2N4O4. The lowest BCUT2D eigenvalue weighted by molar-refractivity contribution is 0.0645. The standard InChI is InChI=1S/C27H35FN4O4.C13H17F.H2/c1-5-23(22(28)17-31(2)3)30-26(34)20-8-11-24(29-16-20)27(35)32-14-12-19(13-15-32)25(33)18-6-9-21(36-4)10-7-18;1-5-11(3)13(4,14)12-8-6-10(2)7-9-12;/h6-11,16,19,22-23H,5,12-15,17H2,1-4H3,(H,30,34);6-9H,3,5H2,1-2,4H3;1H/t22-,23?;;/m1../s1. The number of amides is 2. The molecule has 0 radical (unpaired) electrons. The van der Waals surface area contributed by atoms with E-state index in [1.54, 1.807) is 62.2 Å². The van der Waals surface area contributed by atoms with Gasteiger partial charge in [0.1, 0.15) is 17.6 Å². The largest absolute Gasteiger partial charge is 0.497 e. The van der Waals surface area contributed by atoms with Crippen molar-refractivity contribution in [3.05, 3.63) is 107 Å². The van der Waals surface area contributed by atoms with Gasteiger partial charge in [-0.2, -0.15) is 0 Å². The summed E-state index contributed by atoms with van der Waals surface area (Å²) in [6, 6.07) is 17.0. The molecule has 10 heteroatoms. The fraction of sp³-hybridized carbons (Fsp3) is 0.450. The molecule has 2 unspecified atom stereocenters. The van der Waals surface area contributed by atoms with Crippen molar-refractivity contribution in [2.24, 2.45) is 5.92 Å². The number of alkyl halides is 2. The number of aromatic nitrogens is 1. The minimum absolute atomic E-state index is 0. The highest BCUT2D eigenvalue weighted by Crippen LogP contribution is 2.34. The SMILES string of the molecule is C=C(CC)C(C)(F)c1ccc(C)cc1.CCC(NC(=O)c1ccc(C(=O)N2CCC(C(=O)c3ccc(OC)cc3)CC2)nc1)[C@H](F)CN(C)C.[HH]. The normalized spacial score (nSPS) is 15.6. The van der Waals surface area contributed by atoms with E-state index >= 15 is 0 Å². The van der Waals surface area contributed by atoms with E-state index in [0.717, 1.165) is 5.56 Å². The highest BCUT2D eigenvalue weighted by atomic mass is 19.1. The predicted molar refractivity (Wildman–Crippen MR) is 196 cm³/mol. The summed E-state index contributed by atoms with van der Waals surface area (Å²) in [7, 11) is 5.14. The molecular weight excluding hydrogens is 638 g/mol. The van der Waals surface area contributed by atoms with Crippen LogP contribution in [0, 0.1) is 12.8 Å². The molecule has 50 heavy (non-hydrogen) atoms. The van der Waals surface area contributed by atoms with Crippen LogP contribution in [0.1, 0.15) is 90.2 Å². The van der Waals surface area contributed by atoms with Crippen molar-refractivity contribution >= 4 is 17.6 Å². The number of methoxy groups -OCH3 is 1. The molecule has 0 spiro atoms. The summed E-state index contributed by atoms with van der Waals surface area (Å²) < 4.78 is 33.8. The third-order valence-electron chi connectivity index (χ3n) is 9.19. The van der Waals surface area contributed by atoms with Gasteiger partial charge in [-0.25, -0.2) is 8.78 Å². The Hall–Kier alpha value is -4.44. The number of allylic oxidation sites excluding steroid dienone is 1. The first-order valence-electron chi connectivity index (χ1n) is 17.2. The highest BCUT2D eigenvalue weighted by Gasteiger charge is 2.30. The van der Waals surface area contributed by atoms with Gasteiger partial charge in [0, 0.05) is 38.7 Å². The molecule has 0 aliphatic carbocycles. The van der Waals surface area contributed by atoms with Crippen LogP contribution in [0.5, 0.6) is 5.75 Å². The van der Waals surface area contributed by atoms with E-state index in [0.29, 0.717) is 61.2 Å². The fourth-order valence-electron chi connectivity index (χ4n) is 5.73. The van der Waals surface area contributed by atoms with Gasteiger partial charge in [0.15, 0.2) is 11.5 Å². The van der Waals surface area contributed by atoms with Crippen LogP contribution in [0.25, 0.3) is 0 Å². The average Bonchev–Trinajstić information content (AvgIpc) is 3.13. The van der Waals surface area contributed by atoms with Crippen molar-refractivity contribution < 1.29 is 29.3 Å². The lowest BCUT2D eigenvalue weighted by Gasteiger charge is -2.31. The van der Waals surface area contributed by atoms with Crippen molar-refractivity contribution in [3.63, 3.8) is 0 Å². The Kier molecular flexibility index (Phi) is 14.8. The van der Waals surface area contributed by atoms with Gasteiger partial charge in [0.25, 0.3) is 11.8 Å². The highest BCUT2D eigenvalue weighted by molar-refractivity contribution is 5.99. The molecule has 3 aromatic rings. The fourth-order valence-corrected chi connectivity index (χ4v) is 5.73. The molecule has 0 bridgehead atoms. The first-order valence-corrected chi connectivity index (χ1v) is 17.2. The van der Waals surface area contributed by atoms with Crippen molar-refractivity contribution in [1.82, 2.24) is 20.1 Å². The number of pyridine rings is 1. The number of halogens is 2. The Bertz CT molecular complexity index is 1570. The second-order valence-corrected chi connectivity index (χ2v) is 13.2. The molecule has 8 nitrogen and oxygen atoms in total. The number of hydrogen-bond donors (Lipinski definition) is 1. The lowest BCUT2D eigenvalue weighted by Crippen LogP contribution is -2.45. The van der Waals surface area contributed by atoms with Crippen molar-refractivity contribution in [2.45, 2.75) is 71.3 Å². The number of ether oxygens (including phenoxy) is 1. The van der Waals surface area contributed by atoms with Gasteiger partial charge in [0.2, 0.25) is 0 Å². The summed E-state index contributed by atoms with van der Waals surface area (Å²) >= 11 is 0. The van der Waals surface area contributed by atoms with E-state index in [9.17, 15) is 23.2 Å². The molecule has 0 saturated carbocycles. The van der Waals surface area contributed by atoms with Crippen molar-refractivity contribution in [3.8, 4) is 5.75 Å². The van der Waals surface area contributed by atoms with E-state index in [1.165, 1.54) is 18.3 Å². The molecule has 1 aliphatic rings. The van der Waals surface area contributed by atoms with Gasteiger partial charge in [-0.1, -0.05) is 50.3 Å². The molecule has 2 amide bonds. The third-order valence-corrected chi connectivity index (χ3v) is 9.19. The summed E-state index contributed by atoms with van der Waals surface area (Å²) in [5.74, 6) is -0.0280. The zero-order valence-corrected chi connectivity index (χ0v) is 30.5. The number of piperidine rings is 1. The molecule has 4 rings (SSSR count). The van der Waals surface area contributed by atoms with Crippen molar-refractivity contribution in [2.75, 3.05) is 40.8 Å². The number of nitrogens with zero attached hydrogens (tertiary/aromatic N) is 3. The van der Waals surface area contributed by atoms with Crippen LogP contribution in [-0.4, -0.2) is 85.4 Å². The molecule has 1 N–H and O–H groups in total. The molecule has 1 aliphatic heterocycles. The average molecular weight is 693 g/mol. The summed E-state index contributed by atoms with van der Waals surface area (Å²) in [4.78, 5) is 45.9. The van der Waals surface area contributed by atoms with Crippen LogP contribution < -0.4 is 10.1 Å². The molecule has 272 valence electrons. The summed E-state index contributed by atoms with van der Waals surface area (Å²) in [6.07, 6.45) is 2.43. The number of aryl methyl sites for hydroxylation is 1. The summed E-state index contributed by atoms with van der Waals surface area (Å²) in [5.41, 5.74) is 2.20. The summed E-state index contributed by atoms with van der Waals surface area (Å²) in [5, 5.41) is 2.72. The van der Waals surface area contributed by atoms with Crippen molar-refractivity contribution in [1.29, 1.82) is 0 Å². The molecule has 2 aromatic carbocycles. The van der Waals surface area contributed by atoms with Crippen LogP contribution in [-0.2, 0) is 5.67 Å². The maximum Gasteiger partial charge on any atom is 0.272 e. The van der Waals surface area contributed by atoms with Gasteiger partial charge in [0.05, 0.1) is 18.7 Å². The maximum absolute atomic E-state index is 14.4. The third kappa shape index (κ3) is 10.8. The van der Waals surface area contributed by atoms with Crippen LogP contribution in [0.3, 0.4) is 0 Å². The monoisotopic (exact) mass is 692 g/mol. The Morgan fingerprint density at radius 2 is 1.64 bits per heavy atom. The van der Waals surface area contributed by atoms with Crippen LogP contribution in [0.2, 0.25) is 0 Å². The maximum atomic E-state index is 14.4. The zero-order valence-electron chi connectivity index (χ0n) is 30.5. The summed E-state index contributed by atoms with van der Waals surface area (Å²) in [6.45, 7) is 12.2. The second-order valence-electron chi connectivity index (χ2n) is 13.2. The minimum atomic E-state index is -1.40. The zero-order chi connectivity index (χ0) is 37.0. The Labute approximate surface area is 297 Å². The Balaban J connectivity index is 0.000000505. The molecule has 1 fully saturated rings. The van der Waals surface area contributed by atoms with E-state index < -0.39 is 23.8 Å². The quantitative estimate of drug-likeness (QED) is 0.146. The first kappa shape index (κ1) is 40.0.